The molecule has 18 heavy (non-hydrogen) atoms. The van der Waals surface area contributed by atoms with Crippen molar-refractivity contribution in [1.29, 1.82) is 0 Å². The molecule has 102 valence electrons. The van der Waals surface area contributed by atoms with Crippen LogP contribution in [0.3, 0.4) is 0 Å². The van der Waals surface area contributed by atoms with Gasteiger partial charge in [-0.1, -0.05) is 13.8 Å². The molecular weight excluding hydrogens is 224 g/mol. The van der Waals surface area contributed by atoms with Crippen molar-refractivity contribution in [3.8, 4) is 0 Å². The zero-order valence-electron chi connectivity index (χ0n) is 12.2. The van der Waals surface area contributed by atoms with E-state index >= 15 is 0 Å². The van der Waals surface area contributed by atoms with Crippen LogP contribution in [0.1, 0.15) is 20.8 Å². The van der Waals surface area contributed by atoms with Gasteiger partial charge in [0.1, 0.15) is 5.82 Å². The summed E-state index contributed by atoms with van der Waals surface area (Å²) >= 11 is 0. The maximum atomic E-state index is 4.26. The molecule has 0 saturated heterocycles. The predicted octanol–water partition coefficient (Wildman–Crippen LogP) is 2.51. The molecule has 0 radical (unpaired) electrons. The third-order valence-corrected chi connectivity index (χ3v) is 2.63. The Morgan fingerprint density at radius 3 is 2.61 bits per heavy atom. The first-order chi connectivity index (χ1) is 8.43. The van der Waals surface area contributed by atoms with Crippen LogP contribution in [-0.2, 0) is 0 Å². The Bertz CT molecular complexity index is 361. The van der Waals surface area contributed by atoms with Crippen molar-refractivity contribution in [2.75, 3.05) is 44.4 Å². The molecular formula is C14H26N4. The highest BCUT2D eigenvalue weighted by atomic mass is 15.1. The molecule has 4 nitrogen and oxygen atoms in total. The summed E-state index contributed by atoms with van der Waals surface area (Å²) in [4.78, 5) is 6.48. The first-order valence-electron chi connectivity index (χ1n) is 6.51. The highest BCUT2D eigenvalue weighted by molar-refractivity contribution is 5.51. The monoisotopic (exact) mass is 250 g/mol. The Morgan fingerprint density at radius 2 is 2.00 bits per heavy atom. The van der Waals surface area contributed by atoms with Crippen molar-refractivity contribution >= 4 is 11.5 Å². The number of rotatable bonds is 7. The van der Waals surface area contributed by atoms with Crippen LogP contribution < -0.4 is 10.6 Å². The second kappa shape index (κ2) is 6.59. The lowest BCUT2D eigenvalue weighted by Crippen LogP contribution is -2.34. The lowest BCUT2D eigenvalue weighted by molar-refractivity contribution is 0.254. The highest BCUT2D eigenvalue weighted by Gasteiger charge is 2.18. The summed E-state index contributed by atoms with van der Waals surface area (Å²) in [5.41, 5.74) is 1.36. The number of nitrogens with one attached hydrogen (secondary N) is 2. The minimum Gasteiger partial charge on any atom is -0.384 e. The van der Waals surface area contributed by atoms with Gasteiger partial charge in [-0.2, -0.15) is 0 Å². The molecule has 0 amide bonds. The molecule has 0 spiro atoms. The van der Waals surface area contributed by atoms with E-state index in [1.54, 1.807) is 0 Å². The molecule has 0 fully saturated rings. The molecule has 0 aromatic carbocycles. The van der Waals surface area contributed by atoms with Gasteiger partial charge in [-0.05, 0) is 32.5 Å². The SMILES string of the molecule is CCNc1cc(NCC(C)(C)CN(C)C)ccn1. The van der Waals surface area contributed by atoms with E-state index in [2.05, 4.69) is 61.5 Å². The standard InChI is InChI=1S/C14H26N4/c1-6-15-13-9-12(7-8-16-13)17-10-14(2,3)11-18(4)5/h7-9H,6,10-11H2,1-5H3,(H2,15,16,17). The van der Waals surface area contributed by atoms with Crippen LogP contribution >= 0.6 is 0 Å². The van der Waals surface area contributed by atoms with Crippen molar-refractivity contribution in [3.05, 3.63) is 18.3 Å². The van der Waals surface area contributed by atoms with Gasteiger partial charge in [0.2, 0.25) is 0 Å². The van der Waals surface area contributed by atoms with Gasteiger partial charge in [-0.25, -0.2) is 4.98 Å². The summed E-state index contributed by atoms with van der Waals surface area (Å²) in [5.74, 6) is 0.924. The Balaban J connectivity index is 2.54. The maximum Gasteiger partial charge on any atom is 0.127 e. The minimum atomic E-state index is 0.241. The largest absolute Gasteiger partial charge is 0.384 e. The van der Waals surface area contributed by atoms with Gasteiger partial charge in [-0.15, -0.1) is 0 Å². The average Bonchev–Trinajstić information content (AvgIpc) is 2.26. The molecule has 0 unspecified atom stereocenters. The van der Waals surface area contributed by atoms with E-state index in [-0.39, 0.29) is 5.41 Å². The van der Waals surface area contributed by atoms with Gasteiger partial charge in [0, 0.05) is 37.6 Å². The minimum absolute atomic E-state index is 0.241. The summed E-state index contributed by atoms with van der Waals surface area (Å²) < 4.78 is 0. The zero-order valence-corrected chi connectivity index (χ0v) is 12.2. The number of hydrogen-bond acceptors (Lipinski definition) is 4. The van der Waals surface area contributed by atoms with Gasteiger partial charge in [0.15, 0.2) is 0 Å². The number of anilines is 2. The Labute approximate surface area is 111 Å². The average molecular weight is 250 g/mol. The molecule has 0 bridgehead atoms. The quantitative estimate of drug-likeness (QED) is 0.780. The van der Waals surface area contributed by atoms with E-state index in [0.717, 1.165) is 31.1 Å². The fourth-order valence-corrected chi connectivity index (χ4v) is 2.07. The molecule has 0 aliphatic carbocycles. The number of hydrogen-bond donors (Lipinski definition) is 2. The topological polar surface area (TPSA) is 40.2 Å². The summed E-state index contributed by atoms with van der Waals surface area (Å²) in [6.45, 7) is 9.51. The zero-order chi connectivity index (χ0) is 13.6. The van der Waals surface area contributed by atoms with E-state index in [4.69, 9.17) is 0 Å². The molecule has 1 heterocycles. The van der Waals surface area contributed by atoms with Crippen LogP contribution in [0.2, 0.25) is 0 Å². The van der Waals surface area contributed by atoms with Gasteiger partial charge in [0.25, 0.3) is 0 Å². The summed E-state index contributed by atoms with van der Waals surface area (Å²) in [7, 11) is 4.22. The molecule has 1 aromatic heterocycles. The lowest BCUT2D eigenvalue weighted by atomic mass is 9.93. The Morgan fingerprint density at radius 1 is 1.28 bits per heavy atom. The fourth-order valence-electron chi connectivity index (χ4n) is 2.07. The van der Waals surface area contributed by atoms with Gasteiger partial charge >= 0.3 is 0 Å². The van der Waals surface area contributed by atoms with Crippen LogP contribution in [0.15, 0.2) is 18.3 Å². The van der Waals surface area contributed by atoms with Crippen LogP contribution in [0.25, 0.3) is 0 Å². The predicted molar refractivity (Wildman–Crippen MR) is 79.2 cm³/mol. The highest BCUT2D eigenvalue weighted by Crippen LogP contribution is 2.18. The summed E-state index contributed by atoms with van der Waals surface area (Å²) in [6, 6.07) is 4.06. The van der Waals surface area contributed by atoms with Crippen molar-refractivity contribution in [3.63, 3.8) is 0 Å². The first-order valence-corrected chi connectivity index (χ1v) is 6.51. The molecule has 2 N–H and O–H groups in total. The van der Waals surface area contributed by atoms with Gasteiger partial charge in [0.05, 0.1) is 0 Å². The molecule has 4 heteroatoms. The molecule has 1 aromatic rings. The molecule has 0 saturated carbocycles. The van der Waals surface area contributed by atoms with E-state index in [0.29, 0.717) is 0 Å². The third kappa shape index (κ3) is 5.36. The lowest BCUT2D eigenvalue weighted by Gasteiger charge is -2.29. The number of nitrogens with zero attached hydrogens (tertiary/aromatic N) is 2. The summed E-state index contributed by atoms with van der Waals surface area (Å²) in [5, 5.41) is 6.70. The number of aromatic nitrogens is 1. The Hall–Kier alpha value is -1.29. The van der Waals surface area contributed by atoms with Crippen molar-refractivity contribution in [2.24, 2.45) is 5.41 Å². The molecule has 0 atom stereocenters. The number of pyridine rings is 1. The van der Waals surface area contributed by atoms with E-state index in [1.165, 1.54) is 0 Å². The van der Waals surface area contributed by atoms with E-state index in [9.17, 15) is 0 Å². The smallest absolute Gasteiger partial charge is 0.127 e. The van der Waals surface area contributed by atoms with Crippen LogP contribution in [0.4, 0.5) is 11.5 Å². The van der Waals surface area contributed by atoms with Crippen molar-refractivity contribution in [2.45, 2.75) is 20.8 Å². The second-order valence-corrected chi connectivity index (χ2v) is 5.72. The maximum absolute atomic E-state index is 4.26. The first kappa shape index (κ1) is 14.8. The van der Waals surface area contributed by atoms with Crippen molar-refractivity contribution in [1.82, 2.24) is 9.88 Å². The van der Waals surface area contributed by atoms with Crippen LogP contribution in [0, 0.1) is 5.41 Å². The molecule has 0 aliphatic rings. The van der Waals surface area contributed by atoms with Crippen molar-refractivity contribution < 1.29 is 0 Å². The van der Waals surface area contributed by atoms with Crippen LogP contribution in [-0.4, -0.2) is 43.6 Å². The second-order valence-electron chi connectivity index (χ2n) is 5.72. The van der Waals surface area contributed by atoms with Gasteiger partial charge < -0.3 is 15.5 Å². The third-order valence-electron chi connectivity index (χ3n) is 2.63. The van der Waals surface area contributed by atoms with E-state index in [1.807, 2.05) is 12.3 Å². The fraction of sp³-hybridized carbons (Fsp3) is 0.643. The molecule has 1 rings (SSSR count). The summed E-state index contributed by atoms with van der Waals surface area (Å²) in [6.07, 6.45) is 1.83. The Kier molecular flexibility index (Phi) is 5.41. The van der Waals surface area contributed by atoms with Gasteiger partial charge in [-0.3, -0.25) is 0 Å². The van der Waals surface area contributed by atoms with E-state index < -0.39 is 0 Å². The normalized spacial score (nSPS) is 11.7. The molecule has 0 aliphatic heterocycles. The van der Waals surface area contributed by atoms with Crippen LogP contribution in [0.5, 0.6) is 0 Å².